The van der Waals surface area contributed by atoms with Crippen molar-refractivity contribution in [3.63, 3.8) is 0 Å². The van der Waals surface area contributed by atoms with Crippen LogP contribution < -0.4 is 14.9 Å². The Labute approximate surface area is 245 Å². The smallest absolute Gasteiger partial charge is 0.200 e. The number of hydrogen-bond donors (Lipinski definition) is 3. The Morgan fingerprint density at radius 2 is 1.76 bits per heavy atom. The summed E-state index contributed by atoms with van der Waals surface area (Å²) in [6.45, 7) is 13.9. The van der Waals surface area contributed by atoms with Crippen molar-refractivity contribution in [1.29, 1.82) is 0 Å². The van der Waals surface area contributed by atoms with Crippen molar-refractivity contribution < 1.29 is 29.2 Å². The van der Waals surface area contributed by atoms with Gasteiger partial charge in [0.2, 0.25) is 0 Å². The molecular formula is C35H38O7. The topological polar surface area (TPSA) is 109 Å². The molecule has 1 aromatic heterocycles. The van der Waals surface area contributed by atoms with E-state index in [-0.39, 0.29) is 51.7 Å². The summed E-state index contributed by atoms with van der Waals surface area (Å²) in [6.07, 6.45) is 10.5. The first-order valence-corrected chi connectivity index (χ1v) is 14.5. The van der Waals surface area contributed by atoms with Gasteiger partial charge in [0.1, 0.15) is 45.2 Å². The van der Waals surface area contributed by atoms with E-state index in [1.54, 1.807) is 0 Å². The van der Waals surface area contributed by atoms with Gasteiger partial charge in [-0.2, -0.15) is 0 Å². The van der Waals surface area contributed by atoms with Crippen LogP contribution in [0.1, 0.15) is 89.5 Å². The quantitative estimate of drug-likeness (QED) is 0.268. The van der Waals surface area contributed by atoms with E-state index < -0.39 is 11.2 Å². The summed E-state index contributed by atoms with van der Waals surface area (Å²) in [7, 11) is 0. The van der Waals surface area contributed by atoms with Crippen LogP contribution in [0.3, 0.4) is 0 Å². The Morgan fingerprint density at radius 1 is 1.02 bits per heavy atom. The van der Waals surface area contributed by atoms with Gasteiger partial charge in [0.15, 0.2) is 16.9 Å². The van der Waals surface area contributed by atoms with Crippen LogP contribution in [-0.4, -0.2) is 26.5 Å². The molecule has 2 aliphatic heterocycles. The number of phenolic OH excluding ortho intramolecular Hbond substituents is 3. The molecule has 42 heavy (non-hydrogen) atoms. The molecule has 3 aliphatic rings. The number of hydrogen-bond acceptors (Lipinski definition) is 7. The minimum Gasteiger partial charge on any atom is -0.507 e. The van der Waals surface area contributed by atoms with E-state index in [0.717, 1.165) is 12.8 Å². The van der Waals surface area contributed by atoms with Crippen LogP contribution in [0, 0.1) is 0 Å². The molecule has 0 saturated heterocycles. The first-order valence-electron chi connectivity index (χ1n) is 14.5. The predicted molar refractivity (Wildman–Crippen MR) is 164 cm³/mol. The summed E-state index contributed by atoms with van der Waals surface area (Å²) in [5.41, 5.74) is 3.42. The fourth-order valence-electron chi connectivity index (χ4n) is 6.47. The lowest BCUT2D eigenvalue weighted by molar-refractivity contribution is 0.106. The molecule has 6 rings (SSSR count). The zero-order chi connectivity index (χ0) is 30.3. The van der Waals surface area contributed by atoms with Crippen LogP contribution in [0.2, 0.25) is 0 Å². The molecule has 0 spiro atoms. The zero-order valence-corrected chi connectivity index (χ0v) is 25.3. The average Bonchev–Trinajstić information content (AvgIpc) is 3.16. The third-order valence-corrected chi connectivity index (χ3v) is 8.72. The van der Waals surface area contributed by atoms with E-state index in [2.05, 4.69) is 32.9 Å². The summed E-state index contributed by atoms with van der Waals surface area (Å²) >= 11 is 0. The van der Waals surface area contributed by atoms with Gasteiger partial charge in [-0.05, 0) is 86.3 Å². The van der Waals surface area contributed by atoms with Gasteiger partial charge in [-0.3, -0.25) is 4.79 Å². The largest absolute Gasteiger partial charge is 0.507 e. The van der Waals surface area contributed by atoms with Crippen molar-refractivity contribution in [3.8, 4) is 40.1 Å². The van der Waals surface area contributed by atoms with Gasteiger partial charge >= 0.3 is 0 Å². The molecule has 0 radical (unpaired) electrons. The van der Waals surface area contributed by atoms with Crippen molar-refractivity contribution in [2.24, 2.45) is 0 Å². The van der Waals surface area contributed by atoms with Gasteiger partial charge < -0.3 is 29.2 Å². The Balaban J connectivity index is 1.62. The highest BCUT2D eigenvalue weighted by atomic mass is 16.5. The molecule has 0 bridgehead atoms. The molecular weight excluding hydrogens is 532 g/mol. The minimum atomic E-state index is -0.736. The molecule has 7 heteroatoms. The number of ether oxygens (including phenoxy) is 2. The molecule has 220 valence electrons. The van der Waals surface area contributed by atoms with Crippen LogP contribution in [0.15, 0.2) is 44.7 Å². The number of benzene rings is 2. The monoisotopic (exact) mass is 570 g/mol. The fourth-order valence-corrected chi connectivity index (χ4v) is 6.47. The highest BCUT2D eigenvalue weighted by Gasteiger charge is 2.49. The van der Waals surface area contributed by atoms with Crippen LogP contribution in [0.25, 0.3) is 28.4 Å². The van der Waals surface area contributed by atoms with E-state index in [1.165, 1.54) is 17.2 Å². The maximum absolute atomic E-state index is 14.3. The van der Waals surface area contributed by atoms with E-state index in [4.69, 9.17) is 13.9 Å². The van der Waals surface area contributed by atoms with Crippen molar-refractivity contribution in [2.45, 2.75) is 91.3 Å². The van der Waals surface area contributed by atoms with E-state index >= 15 is 0 Å². The van der Waals surface area contributed by atoms with Crippen molar-refractivity contribution in [1.82, 2.24) is 0 Å². The highest BCUT2D eigenvalue weighted by Crippen LogP contribution is 2.60. The molecule has 3 N–H and O–H groups in total. The SMILES string of the molecule is CC(C)=CCC/C(C)=C/Cc1c2c(c(O)c3c(=O)c4c(oc13)-c1c(O)cc(O)c3c1[C@@H](C4)C(C)(C)O3)C=CC(C)(C)O2. The first-order chi connectivity index (χ1) is 19.7. The van der Waals surface area contributed by atoms with Gasteiger partial charge in [0.05, 0.1) is 11.1 Å². The standard InChI is InChI=1S/C35H38O7/c1-17(2)9-8-10-18(3)11-12-20-30-19(13-14-34(4,5)41-30)28(38)27-29(39)21-15-22-25-26(32(21)40-31(20)27)23(36)16-24(37)33(25)42-35(22,6)7/h9,11,13-14,16,22,36-38H,8,10,12,15H2,1-7H3/b18-11+/t22-/m1/s1. The fraction of sp³-hybridized carbons (Fsp3) is 0.400. The summed E-state index contributed by atoms with van der Waals surface area (Å²) in [5.74, 6) is 0.168. The van der Waals surface area contributed by atoms with Crippen LogP contribution in [0.5, 0.6) is 28.7 Å². The molecule has 2 aromatic carbocycles. The van der Waals surface area contributed by atoms with Crippen molar-refractivity contribution >= 4 is 17.0 Å². The van der Waals surface area contributed by atoms with Crippen LogP contribution in [-0.2, 0) is 12.8 Å². The number of rotatable bonds is 5. The Kier molecular flexibility index (Phi) is 6.30. The average molecular weight is 571 g/mol. The van der Waals surface area contributed by atoms with Gasteiger partial charge in [0.25, 0.3) is 0 Å². The maximum Gasteiger partial charge on any atom is 0.200 e. The first kappa shape index (κ1) is 28.0. The molecule has 3 heterocycles. The van der Waals surface area contributed by atoms with Crippen LogP contribution >= 0.6 is 0 Å². The number of allylic oxidation sites excluding steroid dienone is 4. The molecule has 0 amide bonds. The maximum atomic E-state index is 14.3. The van der Waals surface area contributed by atoms with E-state index in [9.17, 15) is 20.1 Å². The third kappa shape index (κ3) is 4.29. The van der Waals surface area contributed by atoms with Gasteiger partial charge in [-0.15, -0.1) is 0 Å². The van der Waals surface area contributed by atoms with Gasteiger partial charge in [-0.1, -0.05) is 23.3 Å². The number of phenols is 3. The minimum absolute atomic E-state index is 0.102. The Morgan fingerprint density at radius 3 is 2.48 bits per heavy atom. The molecule has 1 aliphatic carbocycles. The lowest BCUT2D eigenvalue weighted by Gasteiger charge is -2.32. The molecule has 7 nitrogen and oxygen atoms in total. The van der Waals surface area contributed by atoms with Gasteiger partial charge in [0, 0.05) is 28.7 Å². The van der Waals surface area contributed by atoms with Gasteiger partial charge in [-0.25, -0.2) is 0 Å². The Bertz CT molecular complexity index is 1810. The molecule has 3 aromatic rings. The Hall–Kier alpha value is -4.13. The van der Waals surface area contributed by atoms with Crippen LogP contribution in [0.4, 0.5) is 0 Å². The van der Waals surface area contributed by atoms with Crippen molar-refractivity contribution in [2.75, 3.05) is 0 Å². The lowest BCUT2D eigenvalue weighted by Crippen LogP contribution is -2.34. The second-order valence-electron chi connectivity index (χ2n) is 13.1. The number of fused-ring (bicyclic) bond motifs is 4. The zero-order valence-electron chi connectivity index (χ0n) is 25.3. The highest BCUT2D eigenvalue weighted by molar-refractivity contribution is 5.96. The summed E-state index contributed by atoms with van der Waals surface area (Å²) < 4.78 is 19.1. The molecule has 0 unspecified atom stereocenters. The predicted octanol–water partition coefficient (Wildman–Crippen LogP) is 7.81. The van der Waals surface area contributed by atoms with E-state index in [0.29, 0.717) is 45.7 Å². The van der Waals surface area contributed by atoms with E-state index in [1.807, 2.05) is 39.8 Å². The lowest BCUT2D eigenvalue weighted by atomic mass is 9.74. The molecule has 0 saturated carbocycles. The normalized spacial score (nSPS) is 19.0. The summed E-state index contributed by atoms with van der Waals surface area (Å²) in [4.78, 5) is 14.3. The second kappa shape index (κ2) is 9.45. The summed E-state index contributed by atoms with van der Waals surface area (Å²) in [6, 6.07) is 1.23. The molecule has 1 atom stereocenters. The number of aromatic hydroxyl groups is 3. The third-order valence-electron chi connectivity index (χ3n) is 8.72. The summed E-state index contributed by atoms with van der Waals surface area (Å²) in [5, 5.41) is 33.3. The molecule has 0 fully saturated rings. The van der Waals surface area contributed by atoms with Crippen molar-refractivity contribution in [3.05, 3.63) is 67.9 Å². The second-order valence-corrected chi connectivity index (χ2v) is 13.1.